The smallest absolute Gasteiger partial charge is 0.491 e. The van der Waals surface area contributed by atoms with Gasteiger partial charge in [0.2, 0.25) is 0 Å². The topological polar surface area (TPSA) is 18.5 Å². The van der Waals surface area contributed by atoms with E-state index in [0.717, 1.165) is 24.3 Å². The summed E-state index contributed by atoms with van der Waals surface area (Å²) in [5.41, 5.74) is 2.31. The molecule has 0 heterocycles. The number of hydrogen-bond acceptors (Lipinski definition) is 2. The third kappa shape index (κ3) is 10.4. The molecule has 0 aromatic heterocycles. The number of benzene rings is 2. The second-order valence-corrected chi connectivity index (χ2v) is 5.47. The van der Waals surface area contributed by atoms with Gasteiger partial charge in [0.05, 0.1) is 6.61 Å². The number of hydrogen-bond donors (Lipinski definition) is 0. The van der Waals surface area contributed by atoms with E-state index in [0.29, 0.717) is 13.2 Å². The van der Waals surface area contributed by atoms with Crippen molar-refractivity contribution < 1.29 is 67.7 Å². The first kappa shape index (κ1) is 23.3. The molecule has 0 radical (unpaired) electrons. The molecule has 0 aliphatic heterocycles. The first-order valence-corrected chi connectivity index (χ1v) is 8.66. The van der Waals surface area contributed by atoms with E-state index in [1.165, 1.54) is 5.56 Å². The van der Waals surface area contributed by atoms with Crippen LogP contribution < -0.4 is 62.9 Å². The predicted molar refractivity (Wildman–Crippen MR) is 106 cm³/mol. The van der Waals surface area contributed by atoms with Gasteiger partial charge < -0.3 is 9.47 Å². The zero-order chi connectivity index (χ0) is 17.6. The van der Waals surface area contributed by atoms with Crippen LogP contribution in [0.4, 0.5) is 0 Å². The van der Waals surface area contributed by atoms with Crippen LogP contribution in [-0.4, -0.2) is 19.8 Å². The largest absolute Gasteiger partial charge is 1.00 e. The van der Waals surface area contributed by atoms with Crippen LogP contribution in [0.15, 0.2) is 72.8 Å². The van der Waals surface area contributed by atoms with Gasteiger partial charge in [-0.15, -0.1) is 5.56 Å². The van der Waals surface area contributed by atoms with E-state index in [9.17, 15) is 0 Å². The molecule has 3 heteroatoms. The number of allylic oxidation sites excluding steroid dienone is 4. The van der Waals surface area contributed by atoms with Crippen molar-refractivity contribution >= 4 is 12.2 Å². The Morgan fingerprint density at radius 3 is 2.00 bits per heavy atom. The van der Waals surface area contributed by atoms with Crippen LogP contribution >= 0.6 is 0 Å². The maximum atomic E-state index is 5.63. The summed E-state index contributed by atoms with van der Waals surface area (Å²) in [7, 11) is 0. The van der Waals surface area contributed by atoms with Crippen LogP contribution in [-0.2, 0) is 4.74 Å². The average Bonchev–Trinajstić information content (AvgIpc) is 2.66. The maximum Gasteiger partial charge on any atom is 1.00 e. The molecule has 26 heavy (non-hydrogen) atoms. The molecule has 0 N–H and O–H groups in total. The standard InChI is InChI=1S/C23H25O2.Rb/c1-2-18-24-19-20-25-23-16-14-22(15-17-23)13-7-4-3-6-10-21-11-8-5-9-12-21;/h3-4,6-17H,2,18-20H2,1H3;/q-1;+1/b4-3+,10-6+,13-7+;. The molecule has 0 spiro atoms. The zero-order valence-electron chi connectivity index (χ0n) is 15.7. The van der Waals surface area contributed by atoms with E-state index in [2.05, 4.69) is 25.1 Å². The minimum atomic E-state index is 0. The molecule has 0 saturated carbocycles. The first-order valence-electron chi connectivity index (χ1n) is 8.66. The van der Waals surface area contributed by atoms with Crippen molar-refractivity contribution in [2.45, 2.75) is 13.3 Å². The van der Waals surface area contributed by atoms with E-state index >= 15 is 0 Å². The van der Waals surface area contributed by atoms with E-state index < -0.39 is 0 Å². The molecular weight excluding hydrogens is 394 g/mol. The van der Waals surface area contributed by atoms with Gasteiger partial charge in [0.25, 0.3) is 0 Å². The van der Waals surface area contributed by atoms with Crippen LogP contribution in [0, 0.1) is 6.07 Å². The maximum absolute atomic E-state index is 5.63. The second kappa shape index (κ2) is 15.3. The third-order valence-electron chi connectivity index (χ3n) is 3.38. The quantitative estimate of drug-likeness (QED) is 0.335. The Balaban J connectivity index is 0.00000338. The molecule has 0 aliphatic rings. The molecule has 2 nitrogen and oxygen atoms in total. The van der Waals surface area contributed by atoms with Gasteiger partial charge in [-0.3, -0.25) is 0 Å². The molecule has 2 rings (SSSR count). The molecule has 0 amide bonds. The van der Waals surface area contributed by atoms with Gasteiger partial charge in [-0.1, -0.05) is 55.5 Å². The van der Waals surface area contributed by atoms with Crippen molar-refractivity contribution in [2.75, 3.05) is 19.8 Å². The molecule has 0 bridgehead atoms. The Hall–Kier alpha value is -0.775. The van der Waals surface area contributed by atoms with Crippen molar-refractivity contribution in [2.24, 2.45) is 0 Å². The Morgan fingerprint density at radius 1 is 0.769 bits per heavy atom. The predicted octanol–water partition coefficient (Wildman–Crippen LogP) is 2.58. The number of rotatable bonds is 10. The Morgan fingerprint density at radius 2 is 1.38 bits per heavy atom. The van der Waals surface area contributed by atoms with Crippen LogP contribution in [0.25, 0.3) is 12.2 Å². The molecule has 130 valence electrons. The van der Waals surface area contributed by atoms with Gasteiger partial charge in [0.1, 0.15) is 12.4 Å². The Bertz CT molecular complexity index is 673. The minimum absolute atomic E-state index is 0. The molecule has 0 unspecified atom stereocenters. The fraction of sp³-hybridized carbons (Fsp3) is 0.217. The Labute approximate surface area is 206 Å². The molecule has 0 atom stereocenters. The van der Waals surface area contributed by atoms with Gasteiger partial charge in [-0.2, -0.15) is 30.3 Å². The summed E-state index contributed by atoms with van der Waals surface area (Å²) in [6.45, 7) is 4.11. The Kier molecular flexibility index (Phi) is 13.7. The van der Waals surface area contributed by atoms with Crippen molar-refractivity contribution in [3.05, 3.63) is 90.0 Å². The summed E-state index contributed by atoms with van der Waals surface area (Å²) >= 11 is 0. The third-order valence-corrected chi connectivity index (χ3v) is 3.38. The van der Waals surface area contributed by atoms with Gasteiger partial charge in [0, 0.05) is 6.61 Å². The van der Waals surface area contributed by atoms with Crippen LogP contribution in [0.2, 0.25) is 0 Å². The second-order valence-electron chi connectivity index (χ2n) is 5.47. The molecule has 0 saturated heterocycles. The van der Waals surface area contributed by atoms with Gasteiger partial charge in [-0.05, 0) is 24.1 Å². The molecule has 0 aliphatic carbocycles. The summed E-state index contributed by atoms with van der Waals surface area (Å²) < 4.78 is 11.0. The molecule has 2 aromatic rings. The molecule has 0 fully saturated rings. The van der Waals surface area contributed by atoms with Crippen molar-refractivity contribution in [1.29, 1.82) is 0 Å². The van der Waals surface area contributed by atoms with Crippen molar-refractivity contribution in [1.82, 2.24) is 0 Å². The number of ether oxygens (including phenoxy) is 2. The van der Waals surface area contributed by atoms with E-state index in [-0.39, 0.29) is 58.2 Å². The van der Waals surface area contributed by atoms with Gasteiger partial charge >= 0.3 is 58.2 Å². The molecule has 2 aromatic carbocycles. The zero-order valence-corrected chi connectivity index (χ0v) is 20.6. The summed E-state index contributed by atoms with van der Waals surface area (Å²) in [6.07, 6.45) is 13.2. The van der Waals surface area contributed by atoms with E-state index in [1.54, 1.807) is 0 Å². The monoisotopic (exact) mass is 418 g/mol. The van der Waals surface area contributed by atoms with Gasteiger partial charge in [-0.25, -0.2) is 0 Å². The first-order chi connectivity index (χ1) is 12.4. The van der Waals surface area contributed by atoms with Crippen molar-refractivity contribution in [3.8, 4) is 5.75 Å². The average molecular weight is 419 g/mol. The fourth-order valence-electron chi connectivity index (χ4n) is 2.11. The van der Waals surface area contributed by atoms with Crippen LogP contribution in [0.3, 0.4) is 0 Å². The summed E-state index contributed by atoms with van der Waals surface area (Å²) in [4.78, 5) is 0. The summed E-state index contributed by atoms with van der Waals surface area (Å²) in [5, 5.41) is 0. The normalized spacial score (nSPS) is 11.3. The van der Waals surface area contributed by atoms with Crippen LogP contribution in [0.1, 0.15) is 24.5 Å². The SMILES string of the molecule is CCCOCCOc1ccc(/C=C/C=C/C=C/c2cc[c-]cc2)cc1.[Rb+]. The molecular formula is C23H25O2Rb. The minimum Gasteiger partial charge on any atom is -0.491 e. The van der Waals surface area contributed by atoms with Gasteiger partial charge in [0.15, 0.2) is 0 Å². The van der Waals surface area contributed by atoms with E-state index in [4.69, 9.17) is 9.47 Å². The fourth-order valence-corrected chi connectivity index (χ4v) is 2.11. The summed E-state index contributed by atoms with van der Waals surface area (Å²) in [5.74, 6) is 0.871. The summed E-state index contributed by atoms with van der Waals surface area (Å²) in [6, 6.07) is 18.9. The van der Waals surface area contributed by atoms with Crippen LogP contribution in [0.5, 0.6) is 5.75 Å². The van der Waals surface area contributed by atoms with Crippen molar-refractivity contribution in [3.63, 3.8) is 0 Å². The van der Waals surface area contributed by atoms with E-state index in [1.807, 2.05) is 72.8 Å².